The highest BCUT2D eigenvalue weighted by atomic mass is 35.5. The second-order valence-electron chi connectivity index (χ2n) is 4.08. The minimum absolute atomic E-state index is 0.522. The second-order valence-corrected chi connectivity index (χ2v) is 4.49. The zero-order valence-corrected chi connectivity index (χ0v) is 11.7. The summed E-state index contributed by atoms with van der Waals surface area (Å²) >= 11 is 6.10. The summed E-state index contributed by atoms with van der Waals surface area (Å²) in [5.41, 5.74) is 1.79. The Balaban J connectivity index is 2.19. The number of rotatable bonds is 5. The maximum absolute atomic E-state index is 6.10. The average Bonchev–Trinajstić information content (AvgIpc) is 2.42. The summed E-state index contributed by atoms with van der Waals surface area (Å²) < 4.78 is 5.72. The van der Waals surface area contributed by atoms with Gasteiger partial charge >= 0.3 is 0 Å². The molecule has 0 aliphatic carbocycles. The molecule has 0 amide bonds. The molecule has 2 aromatic heterocycles. The molecule has 0 aliphatic heterocycles. The van der Waals surface area contributed by atoms with Gasteiger partial charge in [-0.15, -0.1) is 0 Å². The molecule has 0 aromatic carbocycles. The Labute approximate surface area is 117 Å². The SMILES string of the molecule is CCNCc1cc(Oc2cccnc2C)ncc1Cl. The molecular formula is C14H16ClN3O. The van der Waals surface area contributed by atoms with Crippen LogP contribution in [0.3, 0.4) is 0 Å². The van der Waals surface area contributed by atoms with E-state index >= 15 is 0 Å². The van der Waals surface area contributed by atoms with E-state index in [0.29, 0.717) is 23.2 Å². The molecule has 0 unspecified atom stereocenters. The van der Waals surface area contributed by atoms with Crippen molar-refractivity contribution in [3.8, 4) is 11.6 Å². The molecule has 2 heterocycles. The van der Waals surface area contributed by atoms with E-state index in [0.717, 1.165) is 17.8 Å². The highest BCUT2D eigenvalue weighted by Crippen LogP contribution is 2.25. The van der Waals surface area contributed by atoms with E-state index in [9.17, 15) is 0 Å². The van der Waals surface area contributed by atoms with Crippen LogP contribution in [0.2, 0.25) is 5.02 Å². The molecule has 2 rings (SSSR count). The molecule has 1 N–H and O–H groups in total. The van der Waals surface area contributed by atoms with Crippen LogP contribution in [-0.4, -0.2) is 16.5 Å². The minimum atomic E-state index is 0.522. The minimum Gasteiger partial charge on any atom is -0.437 e. The molecule has 0 spiro atoms. The van der Waals surface area contributed by atoms with E-state index in [4.69, 9.17) is 16.3 Å². The van der Waals surface area contributed by atoms with Gasteiger partial charge in [-0.3, -0.25) is 4.98 Å². The number of hydrogen-bond donors (Lipinski definition) is 1. The van der Waals surface area contributed by atoms with Crippen molar-refractivity contribution < 1.29 is 4.74 Å². The van der Waals surface area contributed by atoms with Gasteiger partial charge in [-0.2, -0.15) is 0 Å². The highest BCUT2D eigenvalue weighted by Gasteiger charge is 2.06. The van der Waals surface area contributed by atoms with Gasteiger partial charge in [0.1, 0.15) is 0 Å². The molecule has 19 heavy (non-hydrogen) atoms. The second kappa shape index (κ2) is 6.50. The molecular weight excluding hydrogens is 262 g/mol. The summed E-state index contributed by atoms with van der Waals surface area (Å²) in [5, 5.41) is 3.86. The Kier molecular flexibility index (Phi) is 4.71. The third-order valence-electron chi connectivity index (χ3n) is 2.65. The number of halogens is 1. The summed E-state index contributed by atoms with van der Waals surface area (Å²) in [6.07, 6.45) is 3.34. The number of aryl methyl sites for hydroxylation is 1. The first-order chi connectivity index (χ1) is 9.20. The fraction of sp³-hybridized carbons (Fsp3) is 0.286. The van der Waals surface area contributed by atoms with Crippen LogP contribution in [0.5, 0.6) is 11.6 Å². The van der Waals surface area contributed by atoms with Gasteiger partial charge in [0.2, 0.25) is 5.88 Å². The Bertz CT molecular complexity index is 560. The predicted molar refractivity (Wildman–Crippen MR) is 75.7 cm³/mol. The van der Waals surface area contributed by atoms with Crippen molar-refractivity contribution in [3.63, 3.8) is 0 Å². The van der Waals surface area contributed by atoms with Crippen molar-refractivity contribution in [2.45, 2.75) is 20.4 Å². The van der Waals surface area contributed by atoms with Gasteiger partial charge in [0.15, 0.2) is 5.75 Å². The monoisotopic (exact) mass is 277 g/mol. The summed E-state index contributed by atoms with van der Waals surface area (Å²) in [6, 6.07) is 5.54. The van der Waals surface area contributed by atoms with Gasteiger partial charge in [0.25, 0.3) is 0 Å². The van der Waals surface area contributed by atoms with Gasteiger partial charge < -0.3 is 10.1 Å². The van der Waals surface area contributed by atoms with Crippen LogP contribution in [0.4, 0.5) is 0 Å². The van der Waals surface area contributed by atoms with Gasteiger partial charge in [0, 0.05) is 25.0 Å². The Morgan fingerprint density at radius 3 is 2.95 bits per heavy atom. The summed E-state index contributed by atoms with van der Waals surface area (Å²) in [5.74, 6) is 1.22. The molecule has 5 heteroatoms. The van der Waals surface area contributed by atoms with Crippen LogP contribution in [0.1, 0.15) is 18.2 Å². The lowest BCUT2D eigenvalue weighted by Gasteiger charge is -2.09. The highest BCUT2D eigenvalue weighted by molar-refractivity contribution is 6.31. The third kappa shape index (κ3) is 3.66. The fourth-order valence-electron chi connectivity index (χ4n) is 1.60. The smallest absolute Gasteiger partial charge is 0.219 e. The molecule has 0 aliphatic rings. The van der Waals surface area contributed by atoms with Crippen molar-refractivity contribution >= 4 is 11.6 Å². The number of nitrogens with zero attached hydrogens (tertiary/aromatic N) is 2. The molecule has 0 fully saturated rings. The molecule has 0 atom stereocenters. The number of pyridine rings is 2. The topological polar surface area (TPSA) is 47.0 Å². The van der Waals surface area contributed by atoms with E-state index in [-0.39, 0.29) is 0 Å². The fourth-order valence-corrected chi connectivity index (χ4v) is 1.77. The number of aromatic nitrogens is 2. The van der Waals surface area contributed by atoms with Crippen LogP contribution in [0.25, 0.3) is 0 Å². The Hall–Kier alpha value is -1.65. The summed E-state index contributed by atoms with van der Waals surface area (Å²) in [6.45, 7) is 5.52. The quantitative estimate of drug-likeness (QED) is 0.910. The van der Waals surface area contributed by atoms with Crippen LogP contribution >= 0.6 is 11.6 Å². The Morgan fingerprint density at radius 2 is 2.21 bits per heavy atom. The van der Waals surface area contributed by atoms with Gasteiger partial charge in [-0.1, -0.05) is 18.5 Å². The molecule has 100 valence electrons. The number of nitrogens with one attached hydrogen (secondary N) is 1. The van der Waals surface area contributed by atoms with Crippen molar-refractivity contribution in [2.24, 2.45) is 0 Å². The lowest BCUT2D eigenvalue weighted by atomic mass is 10.2. The number of hydrogen-bond acceptors (Lipinski definition) is 4. The van der Waals surface area contributed by atoms with E-state index in [1.807, 2.05) is 32.0 Å². The van der Waals surface area contributed by atoms with Crippen LogP contribution in [-0.2, 0) is 6.54 Å². The number of ether oxygens (including phenoxy) is 1. The van der Waals surface area contributed by atoms with E-state index in [1.54, 1.807) is 12.4 Å². The van der Waals surface area contributed by atoms with E-state index in [1.165, 1.54) is 0 Å². The largest absolute Gasteiger partial charge is 0.437 e. The van der Waals surface area contributed by atoms with Gasteiger partial charge in [0.05, 0.1) is 10.7 Å². The van der Waals surface area contributed by atoms with E-state index < -0.39 is 0 Å². The lowest BCUT2D eigenvalue weighted by Crippen LogP contribution is -2.12. The van der Waals surface area contributed by atoms with Gasteiger partial charge in [-0.25, -0.2) is 4.98 Å². The molecule has 0 saturated heterocycles. The lowest BCUT2D eigenvalue weighted by molar-refractivity contribution is 0.455. The van der Waals surface area contributed by atoms with Crippen molar-refractivity contribution in [1.82, 2.24) is 15.3 Å². The maximum atomic E-state index is 6.10. The van der Waals surface area contributed by atoms with Crippen LogP contribution in [0, 0.1) is 6.92 Å². The van der Waals surface area contributed by atoms with Gasteiger partial charge in [-0.05, 0) is 31.2 Å². The molecule has 4 nitrogen and oxygen atoms in total. The first kappa shape index (κ1) is 13.8. The maximum Gasteiger partial charge on any atom is 0.219 e. The van der Waals surface area contributed by atoms with Crippen molar-refractivity contribution in [3.05, 3.63) is 46.9 Å². The summed E-state index contributed by atoms with van der Waals surface area (Å²) in [4.78, 5) is 8.35. The summed E-state index contributed by atoms with van der Waals surface area (Å²) in [7, 11) is 0. The van der Waals surface area contributed by atoms with Crippen molar-refractivity contribution in [2.75, 3.05) is 6.54 Å². The predicted octanol–water partition coefficient (Wildman–Crippen LogP) is 3.34. The zero-order valence-electron chi connectivity index (χ0n) is 11.0. The first-order valence-electron chi connectivity index (χ1n) is 6.15. The van der Waals surface area contributed by atoms with Crippen LogP contribution < -0.4 is 10.1 Å². The first-order valence-corrected chi connectivity index (χ1v) is 6.53. The average molecular weight is 278 g/mol. The Morgan fingerprint density at radius 1 is 1.37 bits per heavy atom. The molecule has 2 aromatic rings. The molecule has 0 bridgehead atoms. The van der Waals surface area contributed by atoms with Crippen LogP contribution in [0.15, 0.2) is 30.6 Å². The third-order valence-corrected chi connectivity index (χ3v) is 2.99. The van der Waals surface area contributed by atoms with Crippen molar-refractivity contribution in [1.29, 1.82) is 0 Å². The molecule has 0 saturated carbocycles. The molecule has 0 radical (unpaired) electrons. The normalized spacial score (nSPS) is 10.5. The zero-order chi connectivity index (χ0) is 13.7. The standard InChI is InChI=1S/C14H16ClN3O/c1-3-16-8-11-7-14(18-9-12(11)15)19-13-5-4-6-17-10(13)2/h4-7,9,16H,3,8H2,1-2H3. The van der Waals surface area contributed by atoms with E-state index in [2.05, 4.69) is 15.3 Å².